The van der Waals surface area contributed by atoms with E-state index < -0.39 is 0 Å². The second-order valence-corrected chi connectivity index (χ2v) is 6.85. The molecule has 0 bridgehead atoms. The summed E-state index contributed by atoms with van der Waals surface area (Å²) in [6.07, 6.45) is 0. The highest BCUT2D eigenvalue weighted by molar-refractivity contribution is 9.23. The minimum Gasteiger partial charge on any atom is -0.296 e. The number of hydrogen-bond donors (Lipinski definition) is 0. The second kappa shape index (κ2) is 5.74. The standard InChI is InChI=1S/C10H13.2BrH.Mg/c1-10(2,3)9-7-5-4-6-8-9;;;/h5-8H,1-3H3;2*1H;/q;;;+1/p-1. The predicted molar refractivity (Wildman–Crippen MR) is 69.8 cm³/mol. The van der Waals surface area contributed by atoms with E-state index in [1.807, 2.05) is 0 Å². The first-order valence-corrected chi connectivity index (χ1v) is 8.80. The number of hydrogen-bond acceptors (Lipinski definition) is 0. The molecule has 0 unspecified atom stereocenters. The van der Waals surface area contributed by atoms with Gasteiger partial charge in [0, 0.05) is 0 Å². The van der Waals surface area contributed by atoms with Crippen LogP contribution in [0, 0.1) is 0 Å². The molecule has 0 aliphatic rings. The molecule has 1 aromatic carbocycles. The van der Waals surface area contributed by atoms with Crippen LogP contribution in [0.2, 0.25) is 0 Å². The molecule has 0 aliphatic carbocycles. The first-order chi connectivity index (χ1) is 5.54. The first-order valence-electron chi connectivity index (χ1n) is 4.19. The highest BCUT2D eigenvalue weighted by Gasteiger charge is 2.12. The van der Waals surface area contributed by atoms with Crippen LogP contribution in [0.15, 0.2) is 24.3 Å². The summed E-state index contributed by atoms with van der Waals surface area (Å²) in [6, 6.07) is 8.95. The van der Waals surface area contributed by atoms with E-state index in [0.717, 1.165) is 0 Å². The van der Waals surface area contributed by atoms with E-state index >= 15 is 0 Å². The van der Waals surface area contributed by atoms with Crippen molar-refractivity contribution in [2.24, 2.45) is 0 Å². The molecule has 0 aromatic heterocycles. The van der Waals surface area contributed by atoms with E-state index in [1.165, 1.54) is 9.26 Å². The summed E-state index contributed by atoms with van der Waals surface area (Å²) in [6.45, 7) is 6.73. The summed E-state index contributed by atoms with van der Waals surface area (Å²) in [4.78, 5) is 0. The van der Waals surface area contributed by atoms with Gasteiger partial charge in [0.1, 0.15) is 0 Å². The molecule has 0 spiro atoms. The molecule has 0 saturated heterocycles. The Hall–Kier alpha value is 0.946. The van der Waals surface area contributed by atoms with Gasteiger partial charge in [0.2, 0.25) is 0 Å². The van der Waals surface area contributed by atoms with Gasteiger partial charge in [-0.15, -0.1) is 17.0 Å². The van der Waals surface area contributed by atoms with Crippen LogP contribution in [0.25, 0.3) is 0 Å². The molecular formula is C10H14Br2Mg. The Kier molecular flexibility index (Phi) is 6.15. The summed E-state index contributed by atoms with van der Waals surface area (Å²) in [5.74, 6) is 0. The average molecular weight is 318 g/mol. The minimum atomic E-state index is -0.156. The van der Waals surface area contributed by atoms with Crippen LogP contribution in [-0.2, 0) is 5.41 Å². The molecule has 0 N–H and O–H groups in total. The lowest BCUT2D eigenvalue weighted by molar-refractivity contribution is 0.590. The van der Waals surface area contributed by atoms with Gasteiger partial charge in [-0.3, -0.25) is 12.9 Å². The lowest BCUT2D eigenvalue weighted by atomic mass is 9.87. The summed E-state index contributed by atoms with van der Waals surface area (Å²) in [5.41, 5.74) is 1.70. The Bertz CT molecular complexity index is 249. The number of benzene rings is 1. The molecule has 0 saturated carbocycles. The Balaban J connectivity index is 0.00000144. The fraction of sp³-hybridized carbons (Fsp3) is 0.400. The van der Waals surface area contributed by atoms with Crippen LogP contribution in [-0.4, -0.2) is 18.2 Å². The molecule has 0 aliphatic heterocycles. The number of rotatable bonds is 1. The van der Waals surface area contributed by atoms with E-state index in [0.29, 0.717) is 0 Å². The third kappa shape index (κ3) is 4.32. The Morgan fingerprint density at radius 3 is 1.85 bits per heavy atom. The lowest BCUT2D eigenvalue weighted by Gasteiger charge is -2.19. The Morgan fingerprint density at radius 1 is 1.08 bits per heavy atom. The summed E-state index contributed by atoms with van der Waals surface area (Å²) >= 11 is 3.42. The smallest absolute Gasteiger partial charge is 0.296 e. The van der Waals surface area contributed by atoms with Crippen molar-refractivity contribution in [2.75, 3.05) is 0 Å². The summed E-state index contributed by atoms with van der Waals surface area (Å²) in [5, 5.41) is 0. The van der Waals surface area contributed by atoms with Crippen molar-refractivity contribution in [1.29, 1.82) is 0 Å². The van der Waals surface area contributed by atoms with Crippen LogP contribution in [0.3, 0.4) is 0 Å². The fourth-order valence-corrected chi connectivity index (χ4v) is 2.63. The highest BCUT2D eigenvalue weighted by atomic mass is 79.9. The van der Waals surface area contributed by atoms with Gasteiger partial charge in [0.25, 0.3) is 0 Å². The maximum Gasteiger partial charge on any atom is 0.506 e. The maximum atomic E-state index is 3.57. The SMILES string of the molecule is Br.CC(C)(C)c1cc[c]([Mg][Br])cc1. The van der Waals surface area contributed by atoms with E-state index in [1.54, 1.807) is 0 Å². The van der Waals surface area contributed by atoms with Crippen molar-refractivity contribution in [3.63, 3.8) is 0 Å². The van der Waals surface area contributed by atoms with Gasteiger partial charge in [0.05, 0.1) is 0 Å². The molecule has 0 nitrogen and oxygen atoms in total. The van der Waals surface area contributed by atoms with E-state index in [9.17, 15) is 0 Å². The molecule has 0 amide bonds. The average Bonchev–Trinajstić information content (AvgIpc) is 2.03. The third-order valence-corrected chi connectivity index (χ3v) is 4.70. The van der Waals surface area contributed by atoms with Gasteiger partial charge in [0.15, 0.2) is 0 Å². The largest absolute Gasteiger partial charge is 0.506 e. The normalized spacial score (nSPS) is 10.2. The van der Waals surface area contributed by atoms with Crippen molar-refractivity contribution in [3.8, 4) is 0 Å². The molecular weight excluding hydrogens is 304 g/mol. The van der Waals surface area contributed by atoms with Gasteiger partial charge in [-0.25, -0.2) is 0 Å². The minimum absolute atomic E-state index is 0. The lowest BCUT2D eigenvalue weighted by Crippen LogP contribution is -2.14. The summed E-state index contributed by atoms with van der Waals surface area (Å²) < 4.78 is 1.48. The van der Waals surface area contributed by atoms with Crippen LogP contribution in [0.5, 0.6) is 0 Å². The third-order valence-electron chi connectivity index (χ3n) is 1.97. The fourth-order valence-electron chi connectivity index (χ4n) is 1.09. The molecule has 0 heterocycles. The highest BCUT2D eigenvalue weighted by Crippen LogP contribution is 2.20. The van der Waals surface area contributed by atoms with Gasteiger partial charge >= 0.3 is 18.2 Å². The van der Waals surface area contributed by atoms with Crippen LogP contribution >= 0.6 is 29.9 Å². The Labute approximate surface area is 107 Å². The second-order valence-electron chi connectivity index (χ2n) is 4.08. The molecule has 0 radical (unpaired) electrons. The zero-order valence-corrected chi connectivity index (χ0v) is 13.0. The van der Waals surface area contributed by atoms with E-state index in [4.69, 9.17) is 0 Å². The number of halogens is 2. The molecule has 0 atom stereocenters. The van der Waals surface area contributed by atoms with Gasteiger partial charge in [-0.1, -0.05) is 45.0 Å². The molecule has 70 valence electrons. The zero-order valence-electron chi connectivity index (χ0n) is 8.30. The van der Waals surface area contributed by atoms with E-state index in [-0.39, 0.29) is 40.6 Å². The van der Waals surface area contributed by atoms with Crippen LogP contribution in [0.1, 0.15) is 26.3 Å². The Morgan fingerprint density at radius 2 is 1.54 bits per heavy atom. The quantitative estimate of drug-likeness (QED) is 0.698. The molecule has 0 fully saturated rings. The van der Waals surface area contributed by atoms with Gasteiger partial charge in [-0.05, 0) is 11.0 Å². The van der Waals surface area contributed by atoms with Crippen molar-refractivity contribution >= 4 is 51.8 Å². The summed E-state index contributed by atoms with van der Waals surface area (Å²) in [7, 11) is 0. The first kappa shape index (κ1) is 13.9. The predicted octanol–water partition coefficient (Wildman–Crippen LogP) is 3.20. The molecule has 1 rings (SSSR count). The topological polar surface area (TPSA) is 0 Å². The van der Waals surface area contributed by atoms with Crippen LogP contribution in [0.4, 0.5) is 0 Å². The monoisotopic (exact) mass is 316 g/mol. The molecule has 1 aromatic rings. The van der Waals surface area contributed by atoms with Crippen molar-refractivity contribution < 1.29 is 0 Å². The zero-order chi connectivity index (χ0) is 9.19. The van der Waals surface area contributed by atoms with Gasteiger partial charge in [-0.2, -0.15) is 3.69 Å². The molecule has 13 heavy (non-hydrogen) atoms. The van der Waals surface area contributed by atoms with Crippen molar-refractivity contribution in [1.82, 2.24) is 0 Å². The van der Waals surface area contributed by atoms with Gasteiger partial charge < -0.3 is 0 Å². The molecule has 3 heteroatoms. The van der Waals surface area contributed by atoms with Crippen LogP contribution < -0.4 is 3.69 Å². The van der Waals surface area contributed by atoms with Crippen molar-refractivity contribution in [2.45, 2.75) is 26.2 Å². The maximum absolute atomic E-state index is 3.57. The van der Waals surface area contributed by atoms with Crippen molar-refractivity contribution in [3.05, 3.63) is 29.8 Å². The van der Waals surface area contributed by atoms with E-state index in [2.05, 4.69) is 57.9 Å².